The molecule has 0 bridgehead atoms. The minimum absolute atomic E-state index is 0.0355. The molecule has 1 aromatic heterocycles. The van der Waals surface area contributed by atoms with Gasteiger partial charge in [0.2, 0.25) is 0 Å². The molecule has 2 atom stereocenters. The smallest absolute Gasteiger partial charge is 0.290 e. The van der Waals surface area contributed by atoms with Crippen LogP contribution in [-0.2, 0) is 0 Å². The topological polar surface area (TPSA) is 82.0 Å². The Morgan fingerprint density at radius 3 is 2.69 bits per heavy atom. The molecule has 5 heteroatoms. The van der Waals surface area contributed by atoms with E-state index in [9.17, 15) is 10.1 Å². The van der Waals surface area contributed by atoms with Crippen molar-refractivity contribution in [3.8, 4) is 0 Å². The van der Waals surface area contributed by atoms with Crippen molar-refractivity contribution in [2.75, 3.05) is 0 Å². The molecule has 88 valence electrons. The minimum atomic E-state index is -0.420. The van der Waals surface area contributed by atoms with E-state index in [1.54, 1.807) is 13.0 Å². The Bertz CT molecular complexity index is 393. The summed E-state index contributed by atoms with van der Waals surface area (Å²) in [4.78, 5) is 14.3. The molecule has 1 rings (SSSR count). The molecule has 0 aliphatic rings. The summed E-state index contributed by atoms with van der Waals surface area (Å²) in [5.41, 5.74) is 7.43. The lowest BCUT2D eigenvalue weighted by Crippen LogP contribution is -2.26. The fourth-order valence-corrected chi connectivity index (χ4v) is 1.58. The summed E-state index contributed by atoms with van der Waals surface area (Å²) in [5.74, 6) is 0.115. The largest absolute Gasteiger partial charge is 0.327 e. The maximum absolute atomic E-state index is 10.6. The number of hydrogen-bond acceptors (Lipinski definition) is 4. The lowest BCUT2D eigenvalue weighted by molar-refractivity contribution is -0.385. The van der Waals surface area contributed by atoms with Gasteiger partial charge in [-0.05, 0) is 19.4 Å². The lowest BCUT2D eigenvalue weighted by atomic mass is 9.95. The van der Waals surface area contributed by atoms with E-state index in [2.05, 4.69) is 4.98 Å². The SMILES string of the molecule is CCC(N)C(C)c1cc(C)c([N+](=O)[O-])cn1. The van der Waals surface area contributed by atoms with Gasteiger partial charge in [-0.15, -0.1) is 0 Å². The number of rotatable bonds is 4. The van der Waals surface area contributed by atoms with Crippen LogP contribution >= 0.6 is 0 Å². The van der Waals surface area contributed by atoms with Gasteiger partial charge in [-0.25, -0.2) is 0 Å². The van der Waals surface area contributed by atoms with Gasteiger partial charge in [0, 0.05) is 23.2 Å². The fraction of sp³-hybridized carbons (Fsp3) is 0.545. The predicted molar refractivity (Wildman–Crippen MR) is 62.3 cm³/mol. The molecule has 0 radical (unpaired) electrons. The van der Waals surface area contributed by atoms with Crippen LogP contribution in [0.3, 0.4) is 0 Å². The van der Waals surface area contributed by atoms with Crippen molar-refractivity contribution >= 4 is 5.69 Å². The molecule has 0 fully saturated rings. The molecule has 2 unspecified atom stereocenters. The van der Waals surface area contributed by atoms with Crippen LogP contribution in [0.2, 0.25) is 0 Å². The Balaban J connectivity index is 3.01. The third-order valence-electron chi connectivity index (χ3n) is 2.88. The molecule has 0 saturated heterocycles. The maximum Gasteiger partial charge on any atom is 0.290 e. The van der Waals surface area contributed by atoms with E-state index >= 15 is 0 Å². The minimum Gasteiger partial charge on any atom is -0.327 e. The van der Waals surface area contributed by atoms with Crippen LogP contribution in [0.5, 0.6) is 0 Å². The second-order valence-electron chi connectivity index (χ2n) is 4.01. The standard InChI is InChI=1S/C11H17N3O2/c1-4-9(12)8(3)10-5-7(2)11(6-13-10)14(15)16/h5-6,8-9H,4,12H2,1-3H3. The van der Waals surface area contributed by atoms with Crippen LogP contribution < -0.4 is 5.73 Å². The molecule has 0 amide bonds. The quantitative estimate of drug-likeness (QED) is 0.626. The van der Waals surface area contributed by atoms with Crippen LogP contribution in [0.4, 0.5) is 5.69 Å². The summed E-state index contributed by atoms with van der Waals surface area (Å²) in [5, 5.41) is 10.6. The first-order valence-electron chi connectivity index (χ1n) is 5.33. The Kier molecular flexibility index (Phi) is 3.95. The Labute approximate surface area is 94.8 Å². The van der Waals surface area contributed by atoms with E-state index in [4.69, 9.17) is 5.73 Å². The van der Waals surface area contributed by atoms with Gasteiger partial charge in [0.1, 0.15) is 6.20 Å². The molecular weight excluding hydrogens is 206 g/mol. The predicted octanol–water partition coefficient (Wildman–Crippen LogP) is 2.14. The van der Waals surface area contributed by atoms with Crippen molar-refractivity contribution in [1.29, 1.82) is 0 Å². The van der Waals surface area contributed by atoms with E-state index in [1.165, 1.54) is 6.20 Å². The highest BCUT2D eigenvalue weighted by molar-refractivity contribution is 5.38. The summed E-state index contributed by atoms with van der Waals surface area (Å²) >= 11 is 0. The maximum atomic E-state index is 10.6. The molecular formula is C11H17N3O2. The van der Waals surface area contributed by atoms with E-state index in [1.807, 2.05) is 13.8 Å². The molecule has 0 saturated carbocycles. The summed E-state index contributed by atoms with van der Waals surface area (Å²) in [6.45, 7) is 5.72. The fourth-order valence-electron chi connectivity index (χ4n) is 1.58. The number of nitrogens with zero attached hydrogens (tertiary/aromatic N) is 2. The summed E-state index contributed by atoms with van der Waals surface area (Å²) in [6.07, 6.45) is 2.17. The zero-order valence-corrected chi connectivity index (χ0v) is 9.80. The van der Waals surface area contributed by atoms with E-state index in [-0.39, 0.29) is 17.6 Å². The van der Waals surface area contributed by atoms with Gasteiger partial charge in [-0.1, -0.05) is 13.8 Å². The molecule has 0 aliphatic heterocycles. The van der Waals surface area contributed by atoms with Gasteiger partial charge in [-0.2, -0.15) is 0 Å². The molecule has 16 heavy (non-hydrogen) atoms. The number of aromatic nitrogens is 1. The van der Waals surface area contributed by atoms with Gasteiger partial charge in [-0.3, -0.25) is 15.1 Å². The van der Waals surface area contributed by atoms with E-state index in [0.29, 0.717) is 5.56 Å². The van der Waals surface area contributed by atoms with Gasteiger partial charge in [0.05, 0.1) is 4.92 Å². The van der Waals surface area contributed by atoms with Crippen molar-refractivity contribution in [2.45, 2.75) is 39.2 Å². The van der Waals surface area contributed by atoms with Crippen molar-refractivity contribution in [3.05, 3.63) is 33.6 Å². The van der Waals surface area contributed by atoms with Gasteiger partial charge in [0.25, 0.3) is 5.69 Å². The highest BCUT2D eigenvalue weighted by Crippen LogP contribution is 2.23. The number of aryl methyl sites for hydroxylation is 1. The molecule has 0 aliphatic carbocycles. The summed E-state index contributed by atoms with van der Waals surface area (Å²) in [7, 11) is 0. The van der Waals surface area contributed by atoms with Gasteiger partial charge < -0.3 is 5.73 Å². The molecule has 2 N–H and O–H groups in total. The third kappa shape index (κ3) is 2.55. The van der Waals surface area contributed by atoms with Crippen molar-refractivity contribution in [3.63, 3.8) is 0 Å². The first kappa shape index (κ1) is 12.6. The Hall–Kier alpha value is -1.49. The van der Waals surface area contributed by atoms with Gasteiger partial charge in [0.15, 0.2) is 0 Å². The monoisotopic (exact) mass is 223 g/mol. The van der Waals surface area contributed by atoms with Crippen molar-refractivity contribution < 1.29 is 4.92 Å². The Morgan fingerprint density at radius 1 is 1.62 bits per heavy atom. The molecule has 1 heterocycles. The second-order valence-corrected chi connectivity index (χ2v) is 4.01. The van der Waals surface area contributed by atoms with Gasteiger partial charge >= 0.3 is 0 Å². The van der Waals surface area contributed by atoms with Crippen LogP contribution in [-0.4, -0.2) is 15.9 Å². The average Bonchev–Trinajstić information content (AvgIpc) is 2.26. The number of hydrogen-bond donors (Lipinski definition) is 1. The lowest BCUT2D eigenvalue weighted by Gasteiger charge is -2.17. The average molecular weight is 223 g/mol. The normalized spacial score (nSPS) is 14.5. The van der Waals surface area contributed by atoms with Crippen LogP contribution in [0.25, 0.3) is 0 Å². The first-order valence-corrected chi connectivity index (χ1v) is 5.33. The zero-order chi connectivity index (χ0) is 12.3. The second kappa shape index (κ2) is 5.03. The van der Waals surface area contributed by atoms with Crippen LogP contribution in [0.1, 0.15) is 37.4 Å². The highest BCUT2D eigenvalue weighted by Gasteiger charge is 2.18. The third-order valence-corrected chi connectivity index (χ3v) is 2.88. The number of nitro groups is 1. The van der Waals surface area contributed by atoms with Crippen molar-refractivity contribution in [1.82, 2.24) is 4.98 Å². The summed E-state index contributed by atoms with van der Waals surface area (Å²) < 4.78 is 0. The number of nitrogens with two attached hydrogens (primary N) is 1. The van der Waals surface area contributed by atoms with Crippen LogP contribution in [0.15, 0.2) is 12.3 Å². The van der Waals surface area contributed by atoms with Crippen LogP contribution in [0, 0.1) is 17.0 Å². The van der Waals surface area contributed by atoms with Crippen molar-refractivity contribution in [2.24, 2.45) is 5.73 Å². The van der Waals surface area contributed by atoms with E-state index < -0.39 is 4.92 Å². The molecule has 1 aromatic rings. The Morgan fingerprint density at radius 2 is 2.25 bits per heavy atom. The number of pyridine rings is 1. The highest BCUT2D eigenvalue weighted by atomic mass is 16.6. The summed E-state index contributed by atoms with van der Waals surface area (Å²) in [6, 6.07) is 1.78. The first-order chi connectivity index (χ1) is 7.47. The zero-order valence-electron chi connectivity index (χ0n) is 9.80. The van der Waals surface area contributed by atoms with E-state index in [0.717, 1.165) is 12.1 Å². The molecule has 0 aromatic carbocycles. The molecule has 5 nitrogen and oxygen atoms in total. The molecule has 0 spiro atoms.